The molecule has 1 N–H and O–H groups in total. The molecule has 180 valence electrons. The van der Waals surface area contributed by atoms with Crippen LogP contribution in [-0.2, 0) is 23.0 Å². The summed E-state index contributed by atoms with van der Waals surface area (Å²) < 4.78 is 54.2. The summed E-state index contributed by atoms with van der Waals surface area (Å²) >= 11 is 0. The van der Waals surface area contributed by atoms with E-state index in [-0.39, 0.29) is 23.3 Å². The van der Waals surface area contributed by atoms with Crippen molar-refractivity contribution in [3.05, 3.63) is 88.7 Å². The Labute approximate surface area is 200 Å². The largest absolute Gasteiger partial charge is 0.493 e. The lowest BCUT2D eigenvalue weighted by molar-refractivity contribution is 0.174. The first-order valence-electron chi connectivity index (χ1n) is 11.1. The maximum Gasteiger partial charge on any atom is 0.240 e. The van der Waals surface area contributed by atoms with E-state index in [9.17, 15) is 12.8 Å². The summed E-state index contributed by atoms with van der Waals surface area (Å²) in [7, 11) is -0.562. The zero-order valence-electron chi connectivity index (χ0n) is 19.5. The number of halogens is 1. The molecular formula is C26H29FN2O4S. The lowest BCUT2D eigenvalue weighted by Crippen LogP contribution is -2.42. The summed E-state index contributed by atoms with van der Waals surface area (Å²) in [5.41, 5.74) is 3.55. The second kappa shape index (κ2) is 10.1. The highest BCUT2D eigenvalue weighted by molar-refractivity contribution is 7.89. The zero-order chi connectivity index (χ0) is 24.3. The molecule has 6 nitrogen and oxygen atoms in total. The maximum atomic E-state index is 14.4. The van der Waals surface area contributed by atoms with E-state index in [1.54, 1.807) is 56.7 Å². The third kappa shape index (κ3) is 5.09. The van der Waals surface area contributed by atoms with Crippen molar-refractivity contribution < 1.29 is 22.3 Å². The Kier molecular flexibility index (Phi) is 7.21. The molecule has 0 aliphatic carbocycles. The Morgan fingerprint density at radius 3 is 2.38 bits per heavy atom. The lowest BCUT2D eigenvalue weighted by atomic mass is 9.91. The van der Waals surface area contributed by atoms with E-state index in [0.717, 1.165) is 23.1 Å². The fourth-order valence-corrected chi connectivity index (χ4v) is 5.38. The van der Waals surface area contributed by atoms with E-state index in [1.165, 1.54) is 6.07 Å². The molecule has 0 spiro atoms. The minimum atomic E-state index is -3.72. The van der Waals surface area contributed by atoms with Crippen LogP contribution in [0.15, 0.2) is 65.6 Å². The molecule has 0 fully saturated rings. The minimum Gasteiger partial charge on any atom is -0.493 e. The molecule has 0 bridgehead atoms. The molecule has 34 heavy (non-hydrogen) atoms. The monoisotopic (exact) mass is 484 g/mol. The van der Waals surface area contributed by atoms with Gasteiger partial charge in [0.25, 0.3) is 0 Å². The number of ether oxygens (including phenoxy) is 2. The molecule has 3 aromatic carbocycles. The Hall–Kier alpha value is -2.94. The summed E-state index contributed by atoms with van der Waals surface area (Å²) in [6.45, 7) is 3.04. The van der Waals surface area contributed by atoms with Crippen LogP contribution >= 0.6 is 0 Å². The standard InChI is InChI=1S/C26H29FN2O4S/c1-18-8-10-21(11-9-18)34(30,31)28-16-24-22-15-26(33-3)25(32-2)14-19(22)12-13-29(24)17-20-6-4-5-7-23(20)27/h4-11,14-15,24,28H,12-13,16-17H2,1-3H3. The van der Waals surface area contributed by atoms with Crippen molar-refractivity contribution in [1.29, 1.82) is 0 Å². The summed E-state index contributed by atoms with van der Waals surface area (Å²) in [4.78, 5) is 2.31. The van der Waals surface area contributed by atoms with Crippen molar-refractivity contribution in [3.8, 4) is 11.5 Å². The van der Waals surface area contributed by atoms with Crippen molar-refractivity contribution in [2.45, 2.75) is 30.8 Å². The quantitative estimate of drug-likeness (QED) is 0.518. The van der Waals surface area contributed by atoms with Crippen molar-refractivity contribution in [2.75, 3.05) is 27.3 Å². The molecule has 3 aromatic rings. The second-order valence-corrected chi connectivity index (χ2v) is 10.2. The van der Waals surface area contributed by atoms with Crippen LogP contribution < -0.4 is 14.2 Å². The highest BCUT2D eigenvalue weighted by Gasteiger charge is 2.31. The Morgan fingerprint density at radius 1 is 1.03 bits per heavy atom. The number of hydrogen-bond donors (Lipinski definition) is 1. The van der Waals surface area contributed by atoms with Gasteiger partial charge in [0.2, 0.25) is 10.0 Å². The fourth-order valence-electron chi connectivity index (χ4n) is 4.34. The van der Waals surface area contributed by atoms with E-state index in [4.69, 9.17) is 9.47 Å². The average molecular weight is 485 g/mol. The van der Waals surface area contributed by atoms with Gasteiger partial charge in [-0.15, -0.1) is 0 Å². The van der Waals surface area contributed by atoms with E-state index >= 15 is 0 Å². The predicted octanol–water partition coefficient (Wildman–Crippen LogP) is 4.23. The fraction of sp³-hybridized carbons (Fsp3) is 0.308. The second-order valence-electron chi connectivity index (χ2n) is 8.40. The smallest absolute Gasteiger partial charge is 0.240 e. The number of fused-ring (bicyclic) bond motifs is 1. The number of aryl methyl sites for hydroxylation is 1. The first kappa shape index (κ1) is 24.2. The van der Waals surface area contributed by atoms with Gasteiger partial charge in [-0.1, -0.05) is 35.9 Å². The van der Waals surface area contributed by atoms with Crippen LogP contribution in [0.1, 0.15) is 28.3 Å². The molecule has 0 amide bonds. The van der Waals surface area contributed by atoms with E-state index in [2.05, 4.69) is 9.62 Å². The van der Waals surface area contributed by atoms with Crippen LogP contribution in [0, 0.1) is 12.7 Å². The van der Waals surface area contributed by atoms with Gasteiger partial charge in [0.1, 0.15) is 5.82 Å². The van der Waals surface area contributed by atoms with Crippen LogP contribution in [0.3, 0.4) is 0 Å². The average Bonchev–Trinajstić information content (AvgIpc) is 2.84. The highest BCUT2D eigenvalue weighted by Crippen LogP contribution is 2.38. The van der Waals surface area contributed by atoms with Gasteiger partial charge in [-0.25, -0.2) is 17.5 Å². The van der Waals surface area contributed by atoms with Gasteiger partial charge in [0, 0.05) is 31.2 Å². The van der Waals surface area contributed by atoms with Crippen molar-refractivity contribution in [3.63, 3.8) is 0 Å². The van der Waals surface area contributed by atoms with E-state index < -0.39 is 10.0 Å². The third-order valence-corrected chi connectivity index (χ3v) is 7.68. The SMILES string of the molecule is COc1cc2c(cc1OC)C(CNS(=O)(=O)c1ccc(C)cc1)N(Cc1ccccc1F)CC2. The van der Waals surface area contributed by atoms with Gasteiger partial charge in [-0.3, -0.25) is 4.90 Å². The summed E-state index contributed by atoms with van der Waals surface area (Å²) in [5, 5.41) is 0. The molecule has 1 aliphatic rings. The summed E-state index contributed by atoms with van der Waals surface area (Å²) in [5.74, 6) is 0.919. The molecule has 8 heteroatoms. The van der Waals surface area contributed by atoms with Gasteiger partial charge < -0.3 is 9.47 Å². The number of nitrogens with zero attached hydrogens (tertiary/aromatic N) is 1. The van der Waals surface area contributed by atoms with E-state index in [1.807, 2.05) is 19.1 Å². The molecule has 0 saturated carbocycles. The number of nitrogens with one attached hydrogen (secondary N) is 1. The predicted molar refractivity (Wildman–Crippen MR) is 129 cm³/mol. The normalized spacial score (nSPS) is 16.2. The number of benzene rings is 3. The van der Waals surface area contributed by atoms with E-state index in [0.29, 0.717) is 30.2 Å². The molecule has 0 saturated heterocycles. The highest BCUT2D eigenvalue weighted by atomic mass is 32.2. The summed E-state index contributed by atoms with van der Waals surface area (Å²) in [6.07, 6.45) is 0.728. The van der Waals surface area contributed by atoms with Gasteiger partial charge >= 0.3 is 0 Å². The molecule has 0 aromatic heterocycles. The Morgan fingerprint density at radius 2 is 1.71 bits per heavy atom. The van der Waals surface area contributed by atoms with Gasteiger partial charge in [-0.05, 0) is 54.8 Å². The minimum absolute atomic E-state index is 0.132. The van der Waals surface area contributed by atoms with Crippen LogP contribution in [-0.4, -0.2) is 40.6 Å². The number of sulfonamides is 1. The van der Waals surface area contributed by atoms with Gasteiger partial charge in [0.15, 0.2) is 11.5 Å². The number of rotatable bonds is 8. The molecule has 1 atom stereocenters. The van der Waals surface area contributed by atoms with Crippen LogP contribution in [0.5, 0.6) is 11.5 Å². The topological polar surface area (TPSA) is 67.9 Å². The summed E-state index contributed by atoms with van der Waals surface area (Å²) in [6, 6.07) is 16.9. The lowest BCUT2D eigenvalue weighted by Gasteiger charge is -2.38. The van der Waals surface area contributed by atoms with Crippen LogP contribution in [0.2, 0.25) is 0 Å². The van der Waals surface area contributed by atoms with Gasteiger partial charge in [0.05, 0.1) is 19.1 Å². The van der Waals surface area contributed by atoms with Crippen molar-refractivity contribution in [1.82, 2.24) is 9.62 Å². The van der Waals surface area contributed by atoms with Crippen molar-refractivity contribution in [2.24, 2.45) is 0 Å². The molecule has 1 aliphatic heterocycles. The number of hydrogen-bond acceptors (Lipinski definition) is 5. The molecule has 1 unspecified atom stereocenters. The Balaban J connectivity index is 1.68. The zero-order valence-corrected chi connectivity index (χ0v) is 20.4. The maximum absolute atomic E-state index is 14.4. The molecule has 4 rings (SSSR count). The first-order valence-corrected chi connectivity index (χ1v) is 12.6. The van der Waals surface area contributed by atoms with Crippen LogP contribution in [0.4, 0.5) is 4.39 Å². The van der Waals surface area contributed by atoms with Crippen molar-refractivity contribution >= 4 is 10.0 Å². The molecule has 0 radical (unpaired) electrons. The molecule has 1 heterocycles. The first-order chi connectivity index (χ1) is 16.3. The van der Waals surface area contributed by atoms with Gasteiger partial charge in [-0.2, -0.15) is 0 Å². The van der Waals surface area contributed by atoms with Crippen LogP contribution in [0.25, 0.3) is 0 Å². The Bertz CT molecular complexity index is 1260. The molecular weight excluding hydrogens is 455 g/mol. The number of methoxy groups -OCH3 is 2. The third-order valence-electron chi connectivity index (χ3n) is 6.24.